The Hall–Kier alpha value is -13.7. The third-order valence-corrected chi connectivity index (χ3v) is 22.7. The van der Waals surface area contributed by atoms with Crippen LogP contribution < -0.4 is 53.6 Å². The van der Waals surface area contributed by atoms with E-state index in [1.165, 1.54) is 76.7 Å². The molecule has 0 saturated carbocycles. The quantitative estimate of drug-likeness (QED) is 0.0418. The summed E-state index contributed by atoms with van der Waals surface area (Å²) in [6.07, 6.45) is -0.224. The molecule has 0 aliphatic carbocycles. The smallest absolute Gasteiger partial charge is 0.305 e. The van der Waals surface area contributed by atoms with Crippen molar-refractivity contribution in [2.45, 2.75) is 158 Å². The van der Waals surface area contributed by atoms with Crippen molar-refractivity contribution in [3.05, 3.63) is 203 Å². The average Bonchev–Trinajstić information content (AvgIpc) is 1.70. The van der Waals surface area contributed by atoms with Gasteiger partial charge in [-0.2, -0.15) is 0 Å². The molecule has 684 valence electrons. The van der Waals surface area contributed by atoms with E-state index in [0.717, 1.165) is 43.3 Å². The number of carboxylic acid groups (broad SMARTS) is 1. The maximum atomic E-state index is 15.5. The minimum absolute atomic E-state index is 0.00804. The molecule has 11 unspecified atom stereocenters. The van der Waals surface area contributed by atoms with Crippen LogP contribution in [0.4, 0.5) is 0 Å². The lowest BCUT2D eigenvalue weighted by Crippen LogP contribution is -2.61. The summed E-state index contributed by atoms with van der Waals surface area (Å²) in [7, 11) is 6.32. The highest BCUT2D eigenvalue weighted by atomic mass is 32.2. The van der Waals surface area contributed by atoms with E-state index in [-0.39, 0.29) is 68.8 Å². The summed E-state index contributed by atoms with van der Waals surface area (Å²) in [5, 5.41) is 65.8. The predicted octanol–water partition coefficient (Wildman–Crippen LogP) is 0.663. The number of aliphatic carboxylic acids is 1. The zero-order valence-corrected chi connectivity index (χ0v) is 73.5. The van der Waals surface area contributed by atoms with Gasteiger partial charge in [-0.3, -0.25) is 76.7 Å². The monoisotopic (exact) mass is 1780 g/mol. The van der Waals surface area contributed by atoms with Crippen LogP contribution in [-0.2, 0) is 115 Å². The van der Waals surface area contributed by atoms with Crippen LogP contribution in [0, 0.1) is 5.92 Å². The standard InChI is InChI=1S/C91H114N16O20S/c1-9-10-30-73-90(126)104(5)50-78(113)96-68(46-80(115)116)85(121)101-71(51-108)89(125)106(7)74(43-56-24-16-12-17-25-56)86(122)100-69(42-59-33-37-62(110)38-34-59)87(123)103(4)49-77(112)95-67(45-60-47-93-64-29-21-20-28-63(60)64)84(120)99-66(40-58-31-35-61(109)36-32-58)83(119)98-65(39-54(2)3)82(118)102-72(81(117)94-48-76(92)111)52-128-53-79(114)97-70(41-55-22-14-11-15-23-55)88(124)107(8)75(91(127)105(73)6)44-57-26-18-13-19-27-57/h11-29,31-38,47,54,65-75,93,108-110H,9-10,30,39-46,48-53H2,1-8H3,(H2,92,111)(H,94,117)(H,95,112)(H,96,113)(H,97,114)(H,98,119)(H,99,120)(H,100,122)(H,101,121)(H,102,118)(H,115,116). The first-order chi connectivity index (χ1) is 61.0. The van der Waals surface area contributed by atoms with Gasteiger partial charge in [0.05, 0.1) is 38.4 Å². The number of aromatic hydroxyl groups is 2. The Morgan fingerprint density at radius 1 is 0.461 bits per heavy atom. The van der Waals surface area contributed by atoms with Crippen molar-refractivity contribution >= 4 is 117 Å². The molecule has 1 aromatic heterocycles. The van der Waals surface area contributed by atoms with Gasteiger partial charge in [0.2, 0.25) is 88.6 Å². The lowest BCUT2D eigenvalue weighted by Gasteiger charge is -2.37. The number of aliphatic hydroxyl groups excluding tert-OH is 1. The minimum atomic E-state index is -2.01. The number of carboxylic acids is 1. The number of aromatic amines is 1. The molecule has 128 heavy (non-hydrogen) atoms. The molecular formula is C91H114N16O20S. The van der Waals surface area contributed by atoms with Gasteiger partial charge in [0.25, 0.3) is 0 Å². The number of thioether (sulfide) groups is 1. The van der Waals surface area contributed by atoms with Crippen molar-refractivity contribution in [3.63, 3.8) is 0 Å². The number of unbranched alkanes of at least 4 members (excludes halogenated alkanes) is 1. The van der Waals surface area contributed by atoms with E-state index in [1.54, 1.807) is 135 Å². The number of rotatable bonds is 23. The lowest BCUT2D eigenvalue weighted by atomic mass is 9.99. The van der Waals surface area contributed by atoms with Gasteiger partial charge < -0.3 is 103 Å². The number of likely N-dealkylation sites (N-methyl/N-ethyl adjacent to an activating group) is 5. The molecule has 8 rings (SSSR count). The highest BCUT2D eigenvalue weighted by Crippen LogP contribution is 2.24. The lowest BCUT2D eigenvalue weighted by molar-refractivity contribution is -0.151. The summed E-state index contributed by atoms with van der Waals surface area (Å²) in [6, 6.07) is 26.0. The van der Waals surface area contributed by atoms with E-state index < -0.39 is 205 Å². The summed E-state index contributed by atoms with van der Waals surface area (Å²) in [5.41, 5.74) is 8.96. The summed E-state index contributed by atoms with van der Waals surface area (Å²) >= 11 is 0.821. The van der Waals surface area contributed by atoms with Crippen molar-refractivity contribution in [3.8, 4) is 11.5 Å². The van der Waals surface area contributed by atoms with Gasteiger partial charge in [0.1, 0.15) is 78.0 Å². The zero-order chi connectivity index (χ0) is 93.4. The third-order valence-electron chi connectivity index (χ3n) is 21.6. The second-order valence-corrected chi connectivity index (χ2v) is 33.1. The molecule has 0 radical (unpaired) electrons. The van der Waals surface area contributed by atoms with Gasteiger partial charge in [0, 0.05) is 96.6 Å². The number of primary amides is 1. The number of amides is 15. The number of aliphatic hydroxyl groups is 1. The molecule has 1 saturated heterocycles. The van der Waals surface area contributed by atoms with Gasteiger partial charge in [-0.15, -0.1) is 11.8 Å². The number of aromatic nitrogens is 1. The second-order valence-electron chi connectivity index (χ2n) is 32.1. The first-order valence-corrected chi connectivity index (χ1v) is 43.1. The first-order valence-electron chi connectivity index (χ1n) is 41.9. The Morgan fingerprint density at radius 3 is 1.43 bits per heavy atom. The molecule has 37 heteroatoms. The van der Waals surface area contributed by atoms with E-state index >= 15 is 28.8 Å². The van der Waals surface area contributed by atoms with Gasteiger partial charge in [-0.05, 0) is 82.5 Å². The van der Waals surface area contributed by atoms with E-state index in [2.05, 4.69) is 52.8 Å². The zero-order valence-electron chi connectivity index (χ0n) is 72.7. The number of hydrogen-bond acceptors (Lipinski definition) is 20. The van der Waals surface area contributed by atoms with Gasteiger partial charge in [0.15, 0.2) is 0 Å². The number of phenols is 2. The number of carbonyl (C=O) groups is 16. The maximum Gasteiger partial charge on any atom is 0.305 e. The Bertz CT molecular complexity index is 5030. The molecule has 1 aliphatic heterocycles. The Kier molecular flexibility index (Phi) is 37.9. The fraction of sp³-hybridized carbons (Fsp3) is 0.407. The Labute approximate surface area is 745 Å². The third kappa shape index (κ3) is 30.0. The number of benzene rings is 6. The molecule has 6 aromatic carbocycles. The Morgan fingerprint density at radius 2 is 0.891 bits per heavy atom. The number of phenolic OH excluding ortho intramolecular Hbond substituents is 2. The van der Waals surface area contributed by atoms with Crippen LogP contribution in [0.25, 0.3) is 10.9 Å². The summed E-state index contributed by atoms with van der Waals surface area (Å²) in [4.78, 5) is 242. The molecule has 0 spiro atoms. The molecule has 36 nitrogen and oxygen atoms in total. The molecule has 0 bridgehead atoms. The number of nitrogens with zero attached hydrogens (tertiary/aromatic N) is 5. The van der Waals surface area contributed by atoms with Crippen molar-refractivity contribution in [1.82, 2.24) is 77.3 Å². The average molecular weight is 1780 g/mol. The van der Waals surface area contributed by atoms with Crippen molar-refractivity contribution in [2.24, 2.45) is 11.7 Å². The highest BCUT2D eigenvalue weighted by Gasteiger charge is 2.42. The number of H-pyrrole nitrogens is 1. The SMILES string of the molecule is CCCCC1C(=O)N(C)CC(=O)NC(CC(=O)O)C(=O)NC(CO)C(=O)N(C)C(Cc2ccccc2)C(=O)NC(Cc2ccc(O)cc2)C(=O)N(C)CC(=O)NC(Cc2c[nH]c3ccccc23)C(=O)NC(Cc2ccc(O)cc2)C(=O)NC(CC(C)C)C(=O)NC(C(=O)NCC(N)=O)CSCC(=O)NC(Cc2ccccc2)C(=O)N(C)C(Cc2ccccc2)C(=O)N1C. The van der Waals surface area contributed by atoms with Crippen LogP contribution >= 0.6 is 11.8 Å². The first kappa shape index (κ1) is 99.7. The topological polar surface area (TPSA) is 520 Å². The fourth-order valence-corrected chi connectivity index (χ4v) is 15.5. The normalized spacial score (nSPS) is 21.9. The molecular weight excluding hydrogens is 1670 g/mol. The highest BCUT2D eigenvalue weighted by molar-refractivity contribution is 8.00. The summed E-state index contributed by atoms with van der Waals surface area (Å²) < 4.78 is 0. The molecule has 1 fully saturated rings. The van der Waals surface area contributed by atoms with Crippen molar-refractivity contribution in [2.75, 3.05) is 73.0 Å². The van der Waals surface area contributed by atoms with Crippen LogP contribution in [0.1, 0.15) is 86.3 Å². The molecule has 1 aliphatic rings. The number of hydrogen-bond donors (Lipinski definition) is 15. The molecule has 2 heterocycles. The van der Waals surface area contributed by atoms with Crippen LogP contribution in [0.5, 0.6) is 11.5 Å². The predicted molar refractivity (Wildman–Crippen MR) is 474 cm³/mol. The van der Waals surface area contributed by atoms with Crippen LogP contribution in [-0.4, -0.2) is 284 Å². The summed E-state index contributed by atoms with van der Waals surface area (Å²) in [6.45, 7) is 1.77. The van der Waals surface area contributed by atoms with Gasteiger partial charge in [-0.25, -0.2) is 0 Å². The second kappa shape index (κ2) is 48.7. The van der Waals surface area contributed by atoms with Crippen LogP contribution in [0.15, 0.2) is 170 Å². The molecule has 15 amide bonds. The molecule has 7 aromatic rings. The van der Waals surface area contributed by atoms with Crippen LogP contribution in [0.2, 0.25) is 0 Å². The largest absolute Gasteiger partial charge is 0.508 e. The van der Waals surface area contributed by atoms with E-state index in [9.17, 15) is 68.4 Å². The number of nitrogens with two attached hydrogens (primary N) is 1. The van der Waals surface area contributed by atoms with E-state index in [4.69, 9.17) is 5.73 Å². The Balaban J connectivity index is 1.20. The number of fused-ring (bicyclic) bond motifs is 1. The van der Waals surface area contributed by atoms with Crippen LogP contribution in [0.3, 0.4) is 0 Å². The molecule has 11 atom stereocenters. The van der Waals surface area contributed by atoms with E-state index in [0.29, 0.717) is 57.1 Å². The van der Waals surface area contributed by atoms with Gasteiger partial charge >= 0.3 is 5.97 Å². The van der Waals surface area contributed by atoms with E-state index in [1.807, 2.05) is 6.92 Å². The number of para-hydroxylation sites is 1. The van der Waals surface area contributed by atoms with Crippen molar-refractivity contribution < 1.29 is 97.1 Å². The number of carbonyl (C=O) groups excluding carboxylic acids is 15. The number of nitrogens with one attached hydrogen (secondary N) is 10. The van der Waals surface area contributed by atoms with Crippen molar-refractivity contribution in [1.29, 1.82) is 0 Å². The fourth-order valence-electron chi connectivity index (χ4n) is 14.7. The maximum absolute atomic E-state index is 15.5. The molecule has 16 N–H and O–H groups in total. The van der Waals surface area contributed by atoms with Gasteiger partial charge in [-0.1, -0.05) is 167 Å². The minimum Gasteiger partial charge on any atom is -0.508 e. The summed E-state index contributed by atoms with van der Waals surface area (Å²) in [5.74, 6) is -17.5.